The van der Waals surface area contributed by atoms with E-state index in [1.54, 1.807) is 0 Å². The van der Waals surface area contributed by atoms with Crippen molar-refractivity contribution < 1.29 is 8.78 Å². The fraction of sp³-hybridized carbons (Fsp3) is 0.333. The van der Waals surface area contributed by atoms with Crippen molar-refractivity contribution in [1.82, 2.24) is 0 Å². The maximum Gasteiger partial charge on any atom is 0.149 e. The lowest BCUT2D eigenvalue weighted by Gasteiger charge is -2.38. The number of piperidine rings is 1. The predicted octanol–water partition coefficient (Wildman–Crippen LogP) is 3.59. The maximum absolute atomic E-state index is 14.0. The van der Waals surface area contributed by atoms with E-state index in [1.807, 2.05) is 11.0 Å². The molecule has 0 saturated carbocycles. The molecule has 0 bridgehead atoms. The summed E-state index contributed by atoms with van der Waals surface area (Å²) in [6.07, 6.45) is 0.878. The van der Waals surface area contributed by atoms with Crippen molar-refractivity contribution in [2.75, 3.05) is 18.0 Å². The molecule has 22 heavy (non-hydrogen) atoms. The average molecular weight is 302 g/mol. The molecule has 2 nitrogen and oxygen atoms in total. The minimum atomic E-state index is -0.558. The van der Waals surface area contributed by atoms with Gasteiger partial charge in [-0.15, -0.1) is 0 Å². The zero-order chi connectivity index (χ0) is 15.7. The van der Waals surface area contributed by atoms with Gasteiger partial charge < -0.3 is 10.6 Å². The van der Waals surface area contributed by atoms with Gasteiger partial charge in [0.15, 0.2) is 0 Å². The molecule has 1 saturated heterocycles. The normalized spacial score (nSPS) is 21.9. The van der Waals surface area contributed by atoms with Gasteiger partial charge in [0.25, 0.3) is 0 Å². The van der Waals surface area contributed by atoms with Crippen molar-refractivity contribution >= 4 is 5.69 Å². The number of benzene rings is 2. The van der Waals surface area contributed by atoms with Crippen LogP contribution in [0, 0.1) is 18.6 Å². The number of rotatable bonds is 2. The number of aryl methyl sites for hydroxylation is 1. The Morgan fingerprint density at radius 2 is 1.91 bits per heavy atom. The van der Waals surface area contributed by atoms with E-state index < -0.39 is 11.6 Å². The van der Waals surface area contributed by atoms with Crippen LogP contribution in [0.25, 0.3) is 0 Å². The molecule has 0 radical (unpaired) electrons. The first kappa shape index (κ1) is 15.0. The third-order valence-corrected chi connectivity index (χ3v) is 4.25. The van der Waals surface area contributed by atoms with Crippen molar-refractivity contribution in [3.05, 3.63) is 65.2 Å². The van der Waals surface area contributed by atoms with Gasteiger partial charge in [0.1, 0.15) is 11.6 Å². The molecular formula is C18H20F2N2. The van der Waals surface area contributed by atoms with E-state index >= 15 is 0 Å². The smallest absolute Gasteiger partial charge is 0.149 e. The molecule has 2 aromatic carbocycles. The summed E-state index contributed by atoms with van der Waals surface area (Å²) >= 11 is 0. The molecule has 2 atom stereocenters. The predicted molar refractivity (Wildman–Crippen MR) is 85.1 cm³/mol. The number of nitrogens with two attached hydrogens (primary N) is 1. The molecule has 0 spiro atoms. The summed E-state index contributed by atoms with van der Waals surface area (Å²) in [5, 5.41) is 0. The first-order chi connectivity index (χ1) is 10.5. The molecule has 1 heterocycles. The maximum atomic E-state index is 14.0. The van der Waals surface area contributed by atoms with Gasteiger partial charge in [-0.3, -0.25) is 0 Å². The lowest BCUT2D eigenvalue weighted by atomic mass is 9.87. The van der Waals surface area contributed by atoms with Crippen LogP contribution in [0.2, 0.25) is 0 Å². The summed E-state index contributed by atoms with van der Waals surface area (Å²) < 4.78 is 27.1. The minimum Gasteiger partial charge on any atom is -0.367 e. The van der Waals surface area contributed by atoms with Gasteiger partial charge in [-0.25, -0.2) is 8.78 Å². The van der Waals surface area contributed by atoms with Gasteiger partial charge in [-0.2, -0.15) is 0 Å². The van der Waals surface area contributed by atoms with Gasteiger partial charge in [-0.1, -0.05) is 29.8 Å². The van der Waals surface area contributed by atoms with Crippen LogP contribution in [0.3, 0.4) is 0 Å². The summed E-state index contributed by atoms with van der Waals surface area (Å²) in [6, 6.07) is 12.0. The highest BCUT2D eigenvalue weighted by Crippen LogP contribution is 2.31. The average Bonchev–Trinajstić information content (AvgIpc) is 2.46. The highest BCUT2D eigenvalue weighted by molar-refractivity contribution is 5.49. The lowest BCUT2D eigenvalue weighted by molar-refractivity contribution is 0.448. The Hall–Kier alpha value is -1.94. The molecule has 1 fully saturated rings. The standard InChI is InChI=1S/C18H20F2N2/c1-12-3-2-4-13(7-12)14-8-16(21)11-22(10-14)18-6-5-15(19)9-17(18)20/h2-7,9,14,16H,8,10-11,21H2,1H3. The molecule has 0 aliphatic carbocycles. The molecule has 3 rings (SSSR count). The first-order valence-electron chi connectivity index (χ1n) is 7.55. The highest BCUT2D eigenvalue weighted by atomic mass is 19.1. The third-order valence-electron chi connectivity index (χ3n) is 4.25. The second kappa shape index (κ2) is 6.05. The summed E-state index contributed by atoms with van der Waals surface area (Å²) in [7, 11) is 0. The Morgan fingerprint density at radius 3 is 2.64 bits per heavy atom. The number of hydrogen-bond donors (Lipinski definition) is 1. The van der Waals surface area contributed by atoms with Crippen LogP contribution in [-0.2, 0) is 0 Å². The quantitative estimate of drug-likeness (QED) is 0.918. The van der Waals surface area contributed by atoms with Gasteiger partial charge in [0.05, 0.1) is 5.69 Å². The van der Waals surface area contributed by atoms with Crippen LogP contribution in [0.15, 0.2) is 42.5 Å². The number of nitrogens with zero attached hydrogens (tertiary/aromatic N) is 1. The first-order valence-corrected chi connectivity index (χ1v) is 7.55. The van der Waals surface area contributed by atoms with E-state index in [1.165, 1.54) is 23.3 Å². The van der Waals surface area contributed by atoms with Crippen molar-refractivity contribution in [2.45, 2.75) is 25.3 Å². The lowest BCUT2D eigenvalue weighted by Crippen LogP contribution is -2.46. The van der Waals surface area contributed by atoms with E-state index in [0.717, 1.165) is 12.5 Å². The van der Waals surface area contributed by atoms with E-state index in [4.69, 9.17) is 5.73 Å². The van der Waals surface area contributed by atoms with Crippen molar-refractivity contribution in [3.63, 3.8) is 0 Å². The number of halogens is 2. The summed E-state index contributed by atoms with van der Waals surface area (Å²) in [5.74, 6) is -0.831. The fourth-order valence-corrected chi connectivity index (χ4v) is 3.24. The summed E-state index contributed by atoms with van der Waals surface area (Å²) in [4.78, 5) is 1.93. The molecule has 2 N–H and O–H groups in total. The molecule has 0 aromatic heterocycles. The molecular weight excluding hydrogens is 282 g/mol. The molecule has 2 aromatic rings. The SMILES string of the molecule is Cc1cccc(C2CC(N)CN(c3ccc(F)cc3F)C2)c1. The zero-order valence-electron chi connectivity index (χ0n) is 12.6. The van der Waals surface area contributed by atoms with Crippen molar-refractivity contribution in [1.29, 1.82) is 0 Å². The fourth-order valence-electron chi connectivity index (χ4n) is 3.24. The van der Waals surface area contributed by atoms with E-state index in [-0.39, 0.29) is 12.0 Å². The van der Waals surface area contributed by atoms with E-state index in [9.17, 15) is 8.78 Å². The Bertz CT molecular complexity index is 672. The van der Waals surface area contributed by atoms with Crippen LogP contribution in [0.5, 0.6) is 0 Å². The molecule has 0 amide bonds. The van der Waals surface area contributed by atoms with Gasteiger partial charge in [-0.05, 0) is 31.0 Å². The summed E-state index contributed by atoms with van der Waals surface area (Å²) in [6.45, 7) is 3.34. The van der Waals surface area contributed by atoms with Crippen LogP contribution in [-0.4, -0.2) is 19.1 Å². The number of hydrogen-bond acceptors (Lipinski definition) is 2. The molecule has 2 unspecified atom stereocenters. The molecule has 4 heteroatoms. The molecule has 1 aliphatic heterocycles. The Morgan fingerprint density at radius 1 is 1.09 bits per heavy atom. The van der Waals surface area contributed by atoms with Gasteiger partial charge in [0.2, 0.25) is 0 Å². The Balaban J connectivity index is 1.87. The highest BCUT2D eigenvalue weighted by Gasteiger charge is 2.27. The van der Waals surface area contributed by atoms with Crippen LogP contribution < -0.4 is 10.6 Å². The van der Waals surface area contributed by atoms with Crippen LogP contribution in [0.4, 0.5) is 14.5 Å². The van der Waals surface area contributed by atoms with Crippen LogP contribution >= 0.6 is 0 Å². The van der Waals surface area contributed by atoms with Crippen molar-refractivity contribution in [3.8, 4) is 0 Å². The topological polar surface area (TPSA) is 29.3 Å². The molecule has 1 aliphatic rings. The molecule has 116 valence electrons. The van der Waals surface area contributed by atoms with E-state index in [0.29, 0.717) is 18.8 Å². The van der Waals surface area contributed by atoms with Gasteiger partial charge in [0, 0.05) is 31.1 Å². The Labute approximate surface area is 129 Å². The van der Waals surface area contributed by atoms with Gasteiger partial charge >= 0.3 is 0 Å². The Kier molecular flexibility index (Phi) is 4.12. The second-order valence-electron chi connectivity index (χ2n) is 6.11. The third kappa shape index (κ3) is 3.12. The number of anilines is 1. The van der Waals surface area contributed by atoms with Crippen molar-refractivity contribution in [2.24, 2.45) is 5.73 Å². The largest absolute Gasteiger partial charge is 0.367 e. The van der Waals surface area contributed by atoms with E-state index in [2.05, 4.69) is 25.1 Å². The van der Waals surface area contributed by atoms with Crippen LogP contribution in [0.1, 0.15) is 23.5 Å². The zero-order valence-corrected chi connectivity index (χ0v) is 12.6. The minimum absolute atomic E-state index is 0.0243. The summed E-state index contributed by atoms with van der Waals surface area (Å²) in [5.41, 5.74) is 9.02. The monoisotopic (exact) mass is 302 g/mol. The second-order valence-corrected chi connectivity index (χ2v) is 6.11.